The van der Waals surface area contributed by atoms with Crippen LogP contribution < -0.4 is 0 Å². The highest BCUT2D eigenvalue weighted by Gasteiger charge is 2.54. The van der Waals surface area contributed by atoms with E-state index in [2.05, 4.69) is 42.7 Å². The molecule has 65 heavy (non-hydrogen) atoms. The molecule has 0 amide bonds. The van der Waals surface area contributed by atoms with Gasteiger partial charge in [0.05, 0.1) is 6.61 Å². The third kappa shape index (κ3) is 32.8. The van der Waals surface area contributed by atoms with E-state index in [1.165, 1.54) is 77.0 Å². The molecule has 1 aliphatic carbocycles. The first-order valence-corrected chi connectivity index (χ1v) is 27.9. The summed E-state index contributed by atoms with van der Waals surface area (Å²) in [7, 11) is -10.7. The second-order valence-corrected chi connectivity index (χ2v) is 20.1. The van der Waals surface area contributed by atoms with Crippen molar-refractivity contribution in [3.63, 3.8) is 0 Å². The molecule has 1 saturated carbocycles. The van der Waals surface area contributed by atoms with Gasteiger partial charge < -0.3 is 44.6 Å². The summed E-state index contributed by atoms with van der Waals surface area (Å²) >= 11 is 0. The van der Waals surface area contributed by atoms with E-state index in [9.17, 15) is 53.8 Å². The molecule has 8 atom stereocenters. The second-order valence-electron chi connectivity index (χ2n) is 17.5. The largest absolute Gasteiger partial charge is 0.472 e. The number of phosphoric ester groups is 2. The van der Waals surface area contributed by atoms with Crippen LogP contribution in [0.2, 0.25) is 0 Å². The standard InChI is InChI=1S/C47H88O16P2/c1-3-5-7-9-11-13-15-17-19-20-22-24-26-28-30-32-34-36-41(49)61-39(37-59-40(48)35-33-31-29-27-25-23-21-18-16-14-12-10-8-6-4-2)38-60-65(57,58)63-47-44(52)42(50)43(51)46(45(47)53)62-64(54,55)56/h17-19,21,39,42-47,50-53H,3-16,20,22-38H2,1-2H3,(H,57,58)(H2,54,55,56). The molecule has 0 heterocycles. The van der Waals surface area contributed by atoms with Gasteiger partial charge in [0.15, 0.2) is 6.10 Å². The van der Waals surface area contributed by atoms with Gasteiger partial charge in [-0.05, 0) is 64.2 Å². The van der Waals surface area contributed by atoms with E-state index < -0.39 is 83.5 Å². The number of carbonyl (C=O) groups is 2. The molecule has 0 saturated heterocycles. The minimum absolute atomic E-state index is 0.0394. The van der Waals surface area contributed by atoms with Crippen LogP contribution in [-0.2, 0) is 41.8 Å². The minimum atomic E-state index is -5.36. The average Bonchev–Trinajstić information content (AvgIpc) is 3.26. The van der Waals surface area contributed by atoms with Gasteiger partial charge in [-0.3, -0.25) is 23.2 Å². The summed E-state index contributed by atoms with van der Waals surface area (Å²) in [5.41, 5.74) is 0. The van der Waals surface area contributed by atoms with Crippen molar-refractivity contribution in [3.05, 3.63) is 24.3 Å². The van der Waals surface area contributed by atoms with Gasteiger partial charge in [-0.25, -0.2) is 9.13 Å². The Morgan fingerprint density at radius 3 is 1.26 bits per heavy atom. The van der Waals surface area contributed by atoms with Gasteiger partial charge in [0, 0.05) is 12.8 Å². The Morgan fingerprint density at radius 2 is 0.846 bits per heavy atom. The van der Waals surface area contributed by atoms with Crippen molar-refractivity contribution in [2.75, 3.05) is 13.2 Å². The van der Waals surface area contributed by atoms with E-state index in [0.29, 0.717) is 12.8 Å². The van der Waals surface area contributed by atoms with Crippen LogP contribution in [0.3, 0.4) is 0 Å². The Balaban J connectivity index is 2.57. The van der Waals surface area contributed by atoms with Crippen LogP contribution in [-0.4, -0.2) is 103 Å². The number of allylic oxidation sites excluding steroid dienone is 4. The van der Waals surface area contributed by atoms with Crippen LogP contribution >= 0.6 is 15.6 Å². The number of rotatable bonds is 42. The maximum absolute atomic E-state index is 13.0. The van der Waals surface area contributed by atoms with E-state index >= 15 is 0 Å². The Labute approximate surface area is 390 Å². The third-order valence-corrected chi connectivity index (χ3v) is 13.0. The summed E-state index contributed by atoms with van der Waals surface area (Å²) in [5, 5.41) is 41.3. The molecule has 7 N–H and O–H groups in total. The average molecular weight is 971 g/mol. The predicted molar refractivity (Wildman–Crippen MR) is 251 cm³/mol. The van der Waals surface area contributed by atoms with E-state index in [0.717, 1.165) is 89.9 Å². The van der Waals surface area contributed by atoms with E-state index in [1.807, 2.05) is 0 Å². The van der Waals surface area contributed by atoms with Gasteiger partial charge in [0.2, 0.25) is 0 Å². The smallest absolute Gasteiger partial charge is 0.462 e. The monoisotopic (exact) mass is 971 g/mol. The number of ether oxygens (including phenoxy) is 2. The minimum Gasteiger partial charge on any atom is -0.462 e. The van der Waals surface area contributed by atoms with E-state index in [1.54, 1.807) is 0 Å². The molecule has 0 aromatic heterocycles. The molecule has 1 fully saturated rings. The number of esters is 2. The number of aliphatic hydroxyl groups is 4. The first-order chi connectivity index (χ1) is 31.1. The van der Waals surface area contributed by atoms with Crippen LogP contribution in [0.4, 0.5) is 0 Å². The van der Waals surface area contributed by atoms with Gasteiger partial charge in [-0.2, -0.15) is 0 Å². The van der Waals surface area contributed by atoms with Crippen LogP contribution in [0.5, 0.6) is 0 Å². The number of carbonyl (C=O) groups excluding carboxylic acids is 2. The zero-order chi connectivity index (χ0) is 48.2. The molecule has 382 valence electrons. The topological polar surface area (TPSA) is 256 Å². The van der Waals surface area contributed by atoms with Crippen molar-refractivity contribution < 1.29 is 76.9 Å². The molecule has 0 aromatic carbocycles. The lowest BCUT2D eigenvalue weighted by Gasteiger charge is -2.43. The van der Waals surface area contributed by atoms with Crippen molar-refractivity contribution in [3.8, 4) is 0 Å². The van der Waals surface area contributed by atoms with Crippen molar-refractivity contribution >= 4 is 27.6 Å². The quantitative estimate of drug-likeness (QED) is 0.0130. The fraction of sp³-hybridized carbons (Fsp3) is 0.872. The van der Waals surface area contributed by atoms with Gasteiger partial charge in [0.25, 0.3) is 0 Å². The molecule has 0 spiro atoms. The summed E-state index contributed by atoms with van der Waals surface area (Å²) in [6.45, 7) is 3.11. The Morgan fingerprint density at radius 1 is 0.477 bits per heavy atom. The summed E-state index contributed by atoms with van der Waals surface area (Å²) in [4.78, 5) is 54.3. The highest BCUT2D eigenvalue weighted by atomic mass is 31.2. The van der Waals surface area contributed by atoms with Crippen molar-refractivity contribution in [2.45, 2.75) is 249 Å². The zero-order valence-electron chi connectivity index (χ0n) is 39.7. The second kappa shape index (κ2) is 38.3. The highest BCUT2D eigenvalue weighted by Crippen LogP contribution is 2.49. The van der Waals surface area contributed by atoms with Gasteiger partial charge >= 0.3 is 27.6 Å². The first-order valence-electron chi connectivity index (χ1n) is 24.9. The third-order valence-electron chi connectivity index (χ3n) is 11.5. The molecule has 18 heteroatoms. The highest BCUT2D eigenvalue weighted by molar-refractivity contribution is 7.47. The normalized spacial score (nSPS) is 21.8. The predicted octanol–water partition coefficient (Wildman–Crippen LogP) is 9.73. The molecule has 16 nitrogen and oxygen atoms in total. The van der Waals surface area contributed by atoms with Crippen molar-refractivity contribution in [1.82, 2.24) is 0 Å². The van der Waals surface area contributed by atoms with Crippen LogP contribution in [0.15, 0.2) is 24.3 Å². The van der Waals surface area contributed by atoms with Crippen LogP contribution in [0.1, 0.15) is 206 Å². The molecule has 0 radical (unpaired) electrons. The summed E-state index contributed by atoms with van der Waals surface area (Å²) in [6.07, 6.45) is 25.6. The van der Waals surface area contributed by atoms with E-state index in [4.69, 9.17) is 18.5 Å². The fourth-order valence-electron chi connectivity index (χ4n) is 7.60. The Bertz CT molecular complexity index is 1360. The molecule has 0 aliphatic heterocycles. The molecule has 1 rings (SSSR count). The number of hydrogen-bond acceptors (Lipinski definition) is 13. The summed E-state index contributed by atoms with van der Waals surface area (Å²) in [6, 6.07) is 0. The molecule has 1 aliphatic rings. The lowest BCUT2D eigenvalue weighted by molar-refractivity contribution is -0.216. The molecule has 8 unspecified atom stereocenters. The Hall–Kier alpha value is -1.52. The molecular formula is C47H88O16P2. The van der Waals surface area contributed by atoms with E-state index in [-0.39, 0.29) is 12.8 Å². The fourth-order valence-corrected chi connectivity index (χ4v) is 9.14. The maximum atomic E-state index is 13.0. The zero-order valence-corrected chi connectivity index (χ0v) is 41.5. The first kappa shape index (κ1) is 61.5. The molecular weight excluding hydrogens is 882 g/mol. The lowest BCUT2D eigenvalue weighted by atomic mass is 9.85. The van der Waals surface area contributed by atoms with Crippen molar-refractivity contribution in [2.24, 2.45) is 0 Å². The Kier molecular flexibility index (Phi) is 36.3. The van der Waals surface area contributed by atoms with Crippen LogP contribution in [0, 0.1) is 0 Å². The van der Waals surface area contributed by atoms with Gasteiger partial charge in [0.1, 0.15) is 43.2 Å². The van der Waals surface area contributed by atoms with Crippen LogP contribution in [0.25, 0.3) is 0 Å². The maximum Gasteiger partial charge on any atom is 0.472 e. The number of hydrogen-bond donors (Lipinski definition) is 7. The number of unbranched alkanes of at least 4 members (excludes halogenated alkanes) is 24. The summed E-state index contributed by atoms with van der Waals surface area (Å²) in [5.74, 6) is -1.21. The number of aliphatic hydroxyl groups excluding tert-OH is 4. The van der Waals surface area contributed by atoms with Crippen molar-refractivity contribution in [1.29, 1.82) is 0 Å². The SMILES string of the molecule is CCCCCCCCC=CCCCCCCCCCC(=O)OC(COC(=O)CCCCCCCC=CCCCCCCCC)COP(=O)(O)OC1C(O)C(O)C(O)C(OP(=O)(O)O)C1O. The van der Waals surface area contributed by atoms with Gasteiger partial charge in [-0.15, -0.1) is 0 Å². The summed E-state index contributed by atoms with van der Waals surface area (Å²) < 4.78 is 49.4. The number of phosphoric acid groups is 2. The van der Waals surface area contributed by atoms with Gasteiger partial charge in [-0.1, -0.05) is 154 Å². The molecule has 0 bridgehead atoms. The molecule has 0 aromatic rings. The lowest BCUT2D eigenvalue weighted by Crippen LogP contribution is -2.64.